The Morgan fingerprint density at radius 2 is 1.82 bits per heavy atom. The standard InChI is InChI=1S/C29H39FO4/c1-18-13-19(2)15-20(14-18)7-6-12-34-27-17-26(30)25(16-24(27)21-10-11-21)28(31)22-8-4-5-9-23(22)29(32)33-3/h16-17,19-23H,1,4-15H2,2-3H3. The Hall–Kier alpha value is -2.17. The molecule has 4 nitrogen and oxygen atoms in total. The number of allylic oxidation sites excluding steroid dienone is 1. The lowest BCUT2D eigenvalue weighted by Gasteiger charge is -2.29. The van der Waals surface area contributed by atoms with Crippen molar-refractivity contribution in [2.24, 2.45) is 23.7 Å². The second-order valence-corrected chi connectivity index (χ2v) is 10.9. The smallest absolute Gasteiger partial charge is 0.309 e. The summed E-state index contributed by atoms with van der Waals surface area (Å²) in [5.74, 6) is 0.0965. The number of halogens is 1. The quantitative estimate of drug-likeness (QED) is 0.168. The largest absolute Gasteiger partial charge is 0.493 e. The number of rotatable bonds is 9. The number of hydrogen-bond donors (Lipinski definition) is 0. The zero-order chi connectivity index (χ0) is 24.2. The molecule has 0 bridgehead atoms. The van der Waals surface area contributed by atoms with Crippen molar-refractivity contribution >= 4 is 11.8 Å². The Labute approximate surface area is 203 Å². The maximum atomic E-state index is 15.2. The van der Waals surface area contributed by atoms with Crippen molar-refractivity contribution in [3.8, 4) is 5.75 Å². The van der Waals surface area contributed by atoms with Gasteiger partial charge in [0.05, 0.1) is 25.2 Å². The number of carbonyl (C=O) groups is 2. The lowest BCUT2D eigenvalue weighted by atomic mass is 9.75. The molecule has 3 saturated carbocycles. The highest BCUT2D eigenvalue weighted by Gasteiger charge is 2.38. The number of ketones is 1. The monoisotopic (exact) mass is 470 g/mol. The third-order valence-electron chi connectivity index (χ3n) is 7.95. The summed E-state index contributed by atoms with van der Waals surface area (Å²) in [6.45, 7) is 7.03. The van der Waals surface area contributed by atoms with Crippen molar-refractivity contribution in [3.05, 3.63) is 41.2 Å². The van der Waals surface area contributed by atoms with Gasteiger partial charge in [0, 0.05) is 12.0 Å². The summed E-state index contributed by atoms with van der Waals surface area (Å²) in [6.07, 6.45) is 10.6. The van der Waals surface area contributed by atoms with E-state index in [-0.39, 0.29) is 17.3 Å². The van der Waals surface area contributed by atoms with E-state index in [0.717, 1.165) is 56.9 Å². The highest BCUT2D eigenvalue weighted by molar-refractivity contribution is 6.00. The summed E-state index contributed by atoms with van der Waals surface area (Å²) in [4.78, 5) is 25.6. The minimum absolute atomic E-state index is 0.102. The topological polar surface area (TPSA) is 52.6 Å². The molecule has 0 radical (unpaired) electrons. The summed E-state index contributed by atoms with van der Waals surface area (Å²) < 4.78 is 26.2. The van der Waals surface area contributed by atoms with Crippen molar-refractivity contribution < 1.29 is 23.5 Å². The molecule has 186 valence electrons. The van der Waals surface area contributed by atoms with Crippen LogP contribution < -0.4 is 4.74 Å². The van der Waals surface area contributed by atoms with Gasteiger partial charge in [-0.2, -0.15) is 0 Å². The van der Waals surface area contributed by atoms with Crippen LogP contribution in [-0.4, -0.2) is 25.5 Å². The molecule has 1 aromatic rings. The third kappa shape index (κ3) is 5.90. The van der Waals surface area contributed by atoms with E-state index in [2.05, 4.69) is 13.5 Å². The van der Waals surface area contributed by atoms with Crippen LogP contribution in [0.5, 0.6) is 5.75 Å². The van der Waals surface area contributed by atoms with Crippen LogP contribution in [0.1, 0.15) is 99.4 Å². The number of esters is 1. The Morgan fingerprint density at radius 1 is 1.09 bits per heavy atom. The first kappa shape index (κ1) is 24.9. The minimum atomic E-state index is -0.545. The van der Waals surface area contributed by atoms with Gasteiger partial charge in [-0.15, -0.1) is 0 Å². The van der Waals surface area contributed by atoms with E-state index < -0.39 is 17.7 Å². The van der Waals surface area contributed by atoms with E-state index in [9.17, 15) is 9.59 Å². The normalized spacial score (nSPS) is 27.3. The molecular formula is C29H39FO4. The van der Waals surface area contributed by atoms with Gasteiger partial charge >= 0.3 is 5.97 Å². The highest BCUT2D eigenvalue weighted by Crippen LogP contribution is 2.46. The average molecular weight is 471 g/mol. The summed E-state index contributed by atoms with van der Waals surface area (Å²) in [7, 11) is 1.35. The SMILES string of the molecule is C=C1CC(C)CC(CCCOc2cc(F)c(C(=O)C3CCCCC3C(=O)OC)cc2C2CC2)C1. The van der Waals surface area contributed by atoms with Crippen LogP contribution >= 0.6 is 0 Å². The Kier molecular flexibility index (Phi) is 8.10. The van der Waals surface area contributed by atoms with Gasteiger partial charge in [-0.25, -0.2) is 4.39 Å². The molecule has 0 aliphatic heterocycles. The summed E-state index contributed by atoms with van der Waals surface area (Å²) in [5, 5.41) is 0. The molecule has 0 aromatic heterocycles. The molecule has 4 atom stereocenters. The Balaban J connectivity index is 1.43. The molecule has 34 heavy (non-hydrogen) atoms. The molecule has 3 fully saturated rings. The van der Waals surface area contributed by atoms with Crippen molar-refractivity contribution in [3.63, 3.8) is 0 Å². The van der Waals surface area contributed by atoms with Crippen LogP contribution in [0, 0.1) is 29.5 Å². The fourth-order valence-electron chi connectivity index (χ4n) is 6.17. The molecule has 0 saturated heterocycles. The van der Waals surface area contributed by atoms with Gasteiger partial charge in [0.15, 0.2) is 5.78 Å². The van der Waals surface area contributed by atoms with Gasteiger partial charge in [0.1, 0.15) is 11.6 Å². The van der Waals surface area contributed by atoms with E-state index in [1.165, 1.54) is 25.2 Å². The minimum Gasteiger partial charge on any atom is -0.493 e. The molecule has 3 aliphatic rings. The first-order valence-corrected chi connectivity index (χ1v) is 13.1. The van der Waals surface area contributed by atoms with Crippen LogP contribution in [0.25, 0.3) is 0 Å². The van der Waals surface area contributed by atoms with E-state index in [1.54, 1.807) is 6.07 Å². The molecule has 4 unspecified atom stereocenters. The average Bonchev–Trinajstić information content (AvgIpc) is 3.66. The maximum absolute atomic E-state index is 15.2. The highest BCUT2D eigenvalue weighted by atomic mass is 19.1. The zero-order valence-electron chi connectivity index (χ0n) is 20.7. The van der Waals surface area contributed by atoms with Crippen molar-refractivity contribution in [2.45, 2.75) is 83.5 Å². The molecule has 0 heterocycles. The van der Waals surface area contributed by atoms with Crippen LogP contribution in [0.15, 0.2) is 24.3 Å². The molecule has 4 rings (SSSR count). The number of Topliss-reactive ketones (excluding diaryl/α,β-unsaturated/α-hetero) is 1. The summed E-state index contributed by atoms with van der Waals surface area (Å²) >= 11 is 0. The van der Waals surface area contributed by atoms with Crippen LogP contribution in [0.3, 0.4) is 0 Å². The molecule has 0 spiro atoms. The fraction of sp³-hybridized carbons (Fsp3) is 0.655. The van der Waals surface area contributed by atoms with E-state index in [1.807, 2.05) is 0 Å². The fourth-order valence-corrected chi connectivity index (χ4v) is 6.17. The Bertz CT molecular complexity index is 919. The van der Waals surface area contributed by atoms with Crippen molar-refractivity contribution in [2.75, 3.05) is 13.7 Å². The first-order valence-electron chi connectivity index (χ1n) is 13.1. The lowest BCUT2D eigenvalue weighted by Crippen LogP contribution is -2.34. The molecule has 0 N–H and O–H groups in total. The molecule has 3 aliphatic carbocycles. The zero-order valence-corrected chi connectivity index (χ0v) is 20.7. The molecular weight excluding hydrogens is 431 g/mol. The van der Waals surface area contributed by atoms with E-state index in [4.69, 9.17) is 9.47 Å². The van der Waals surface area contributed by atoms with E-state index in [0.29, 0.717) is 43.0 Å². The summed E-state index contributed by atoms with van der Waals surface area (Å²) in [6, 6.07) is 3.11. The van der Waals surface area contributed by atoms with Gasteiger partial charge in [-0.05, 0) is 87.2 Å². The second-order valence-electron chi connectivity index (χ2n) is 10.9. The van der Waals surface area contributed by atoms with Crippen LogP contribution in [0.4, 0.5) is 4.39 Å². The van der Waals surface area contributed by atoms with Crippen molar-refractivity contribution in [1.82, 2.24) is 0 Å². The predicted octanol–water partition coefficient (Wildman–Crippen LogP) is 7.02. The van der Waals surface area contributed by atoms with Gasteiger partial charge in [-0.3, -0.25) is 9.59 Å². The number of methoxy groups -OCH3 is 1. The predicted molar refractivity (Wildman–Crippen MR) is 131 cm³/mol. The van der Waals surface area contributed by atoms with Gasteiger partial charge in [-0.1, -0.05) is 31.9 Å². The van der Waals surface area contributed by atoms with Crippen molar-refractivity contribution in [1.29, 1.82) is 0 Å². The van der Waals surface area contributed by atoms with E-state index >= 15 is 4.39 Å². The third-order valence-corrected chi connectivity index (χ3v) is 7.95. The number of benzene rings is 1. The Morgan fingerprint density at radius 3 is 2.50 bits per heavy atom. The second kappa shape index (κ2) is 11.0. The van der Waals surface area contributed by atoms with Gasteiger partial charge in [0.25, 0.3) is 0 Å². The molecule has 5 heteroatoms. The number of ether oxygens (including phenoxy) is 2. The number of carbonyl (C=O) groups excluding carboxylic acids is 2. The van der Waals surface area contributed by atoms with Crippen LogP contribution in [0.2, 0.25) is 0 Å². The van der Waals surface area contributed by atoms with Gasteiger partial charge < -0.3 is 9.47 Å². The summed E-state index contributed by atoms with van der Waals surface area (Å²) in [5.41, 5.74) is 2.40. The molecule has 0 amide bonds. The lowest BCUT2D eigenvalue weighted by molar-refractivity contribution is -0.147. The van der Waals surface area contributed by atoms with Crippen LogP contribution in [-0.2, 0) is 9.53 Å². The molecule has 1 aromatic carbocycles. The first-order chi connectivity index (χ1) is 16.4. The maximum Gasteiger partial charge on any atom is 0.309 e. The van der Waals surface area contributed by atoms with Gasteiger partial charge in [0.2, 0.25) is 0 Å². The number of hydrogen-bond acceptors (Lipinski definition) is 4.